The molecule has 1 fully saturated rings. The minimum atomic E-state index is -0.172. The van der Waals surface area contributed by atoms with Gasteiger partial charge in [-0.25, -0.2) is 0 Å². The van der Waals surface area contributed by atoms with E-state index in [2.05, 4.69) is 34.4 Å². The van der Waals surface area contributed by atoms with E-state index in [9.17, 15) is 4.79 Å². The average Bonchev–Trinajstić information content (AvgIpc) is 2.70. The SMILES string of the molecule is CCNC(=NCCCN1CCCC(C(N)=O)C1)NCCOc1ccc(C)cc1.I. The molecule has 7 nitrogen and oxygen atoms in total. The lowest BCUT2D eigenvalue weighted by molar-refractivity contribution is -0.123. The molecule has 1 amide bonds. The monoisotopic (exact) mass is 517 g/mol. The second kappa shape index (κ2) is 14.4. The van der Waals surface area contributed by atoms with E-state index in [1.165, 1.54) is 5.56 Å². The van der Waals surface area contributed by atoms with Crippen molar-refractivity contribution in [2.24, 2.45) is 16.6 Å². The predicted octanol–water partition coefficient (Wildman–Crippen LogP) is 2.13. The molecule has 0 spiro atoms. The summed E-state index contributed by atoms with van der Waals surface area (Å²) >= 11 is 0. The van der Waals surface area contributed by atoms with Crippen molar-refractivity contribution in [2.45, 2.75) is 33.1 Å². The number of nitrogens with one attached hydrogen (secondary N) is 2. The summed E-state index contributed by atoms with van der Waals surface area (Å²) in [6.45, 7) is 9.72. The van der Waals surface area contributed by atoms with Crippen LogP contribution in [-0.2, 0) is 4.79 Å². The summed E-state index contributed by atoms with van der Waals surface area (Å²) in [5, 5.41) is 6.56. The molecule has 8 heteroatoms. The molecule has 164 valence electrons. The highest BCUT2D eigenvalue weighted by molar-refractivity contribution is 14.0. The number of carbonyl (C=O) groups excluding carboxylic acids is 1. The number of guanidine groups is 1. The zero-order valence-corrected chi connectivity index (χ0v) is 20.0. The molecule has 0 aromatic heterocycles. The largest absolute Gasteiger partial charge is 0.492 e. The number of benzene rings is 1. The smallest absolute Gasteiger partial charge is 0.221 e. The number of nitrogens with two attached hydrogens (primary N) is 1. The number of likely N-dealkylation sites (tertiary alicyclic amines) is 1. The van der Waals surface area contributed by atoms with Gasteiger partial charge in [0.25, 0.3) is 0 Å². The van der Waals surface area contributed by atoms with Gasteiger partial charge >= 0.3 is 0 Å². The fourth-order valence-corrected chi connectivity index (χ4v) is 3.29. The van der Waals surface area contributed by atoms with Crippen molar-refractivity contribution in [2.75, 3.05) is 45.9 Å². The number of hydrogen-bond acceptors (Lipinski definition) is 4. The number of rotatable bonds is 10. The second-order valence-corrected chi connectivity index (χ2v) is 7.24. The van der Waals surface area contributed by atoms with Gasteiger partial charge in [-0.15, -0.1) is 24.0 Å². The molecule has 0 radical (unpaired) electrons. The number of nitrogens with zero attached hydrogens (tertiary/aromatic N) is 2. The van der Waals surface area contributed by atoms with E-state index in [1.807, 2.05) is 24.3 Å². The van der Waals surface area contributed by atoms with Crippen LogP contribution in [0.2, 0.25) is 0 Å². The van der Waals surface area contributed by atoms with Crippen LogP contribution in [0.25, 0.3) is 0 Å². The first kappa shape index (κ1) is 25.5. The van der Waals surface area contributed by atoms with Gasteiger partial charge < -0.3 is 26.0 Å². The Hall–Kier alpha value is -1.55. The number of piperidine rings is 1. The standard InChI is InChI=1S/C21H35N5O2.HI/c1-3-23-21(25-12-15-28-19-9-7-17(2)8-10-19)24-11-5-14-26-13-4-6-18(16-26)20(22)27;/h7-10,18H,3-6,11-16H2,1-2H3,(H2,22,27)(H2,23,24,25);1H. The van der Waals surface area contributed by atoms with Gasteiger partial charge in [0, 0.05) is 19.6 Å². The summed E-state index contributed by atoms with van der Waals surface area (Å²) in [6.07, 6.45) is 2.92. The molecule has 1 aromatic rings. The third kappa shape index (κ3) is 10.2. The van der Waals surface area contributed by atoms with Crippen molar-refractivity contribution in [1.29, 1.82) is 0 Å². The van der Waals surface area contributed by atoms with Crippen molar-refractivity contribution in [3.63, 3.8) is 0 Å². The van der Waals surface area contributed by atoms with Crippen molar-refractivity contribution in [3.8, 4) is 5.75 Å². The Bertz CT molecular complexity index is 624. The van der Waals surface area contributed by atoms with Crippen LogP contribution in [0.4, 0.5) is 0 Å². The van der Waals surface area contributed by atoms with Crippen LogP contribution in [0.1, 0.15) is 31.7 Å². The van der Waals surface area contributed by atoms with Crippen molar-refractivity contribution in [1.82, 2.24) is 15.5 Å². The maximum atomic E-state index is 11.4. The Morgan fingerprint density at radius 3 is 2.76 bits per heavy atom. The lowest BCUT2D eigenvalue weighted by Crippen LogP contribution is -2.41. The highest BCUT2D eigenvalue weighted by atomic mass is 127. The summed E-state index contributed by atoms with van der Waals surface area (Å²) in [5.74, 6) is 1.52. The van der Waals surface area contributed by atoms with E-state index in [0.29, 0.717) is 13.2 Å². The van der Waals surface area contributed by atoms with Gasteiger partial charge in [-0.1, -0.05) is 17.7 Å². The highest BCUT2D eigenvalue weighted by Crippen LogP contribution is 2.16. The van der Waals surface area contributed by atoms with Crippen LogP contribution in [0.3, 0.4) is 0 Å². The Balaban J connectivity index is 0.00000420. The maximum absolute atomic E-state index is 11.4. The highest BCUT2D eigenvalue weighted by Gasteiger charge is 2.23. The van der Waals surface area contributed by atoms with E-state index in [-0.39, 0.29) is 35.8 Å². The number of primary amides is 1. The third-order valence-electron chi connectivity index (χ3n) is 4.84. The molecule has 1 aliphatic heterocycles. The summed E-state index contributed by atoms with van der Waals surface area (Å²) in [6, 6.07) is 8.06. The Labute approximate surface area is 191 Å². The summed E-state index contributed by atoms with van der Waals surface area (Å²) in [4.78, 5) is 18.3. The van der Waals surface area contributed by atoms with E-state index < -0.39 is 0 Å². The zero-order chi connectivity index (χ0) is 20.2. The molecule has 0 bridgehead atoms. The minimum Gasteiger partial charge on any atom is -0.492 e. The zero-order valence-electron chi connectivity index (χ0n) is 17.7. The van der Waals surface area contributed by atoms with Crippen molar-refractivity contribution in [3.05, 3.63) is 29.8 Å². The normalized spacial score (nSPS) is 17.3. The van der Waals surface area contributed by atoms with Crippen LogP contribution < -0.4 is 21.1 Å². The summed E-state index contributed by atoms with van der Waals surface area (Å²) < 4.78 is 5.73. The van der Waals surface area contributed by atoms with Crippen LogP contribution in [0, 0.1) is 12.8 Å². The molecule has 29 heavy (non-hydrogen) atoms. The topological polar surface area (TPSA) is 92.0 Å². The van der Waals surface area contributed by atoms with Crippen LogP contribution in [0.5, 0.6) is 5.75 Å². The maximum Gasteiger partial charge on any atom is 0.221 e. The van der Waals surface area contributed by atoms with Gasteiger partial charge in [-0.3, -0.25) is 9.79 Å². The van der Waals surface area contributed by atoms with Gasteiger partial charge in [0.15, 0.2) is 5.96 Å². The van der Waals surface area contributed by atoms with Crippen LogP contribution in [-0.4, -0.2) is 62.6 Å². The third-order valence-corrected chi connectivity index (χ3v) is 4.84. The number of hydrogen-bond donors (Lipinski definition) is 3. The van der Waals surface area contributed by atoms with Gasteiger partial charge in [-0.05, 0) is 58.3 Å². The first-order valence-corrected chi connectivity index (χ1v) is 10.3. The fraction of sp³-hybridized carbons (Fsp3) is 0.619. The fourth-order valence-electron chi connectivity index (χ4n) is 3.29. The number of amides is 1. The quantitative estimate of drug-likeness (QED) is 0.192. The number of carbonyl (C=O) groups is 1. The molecular weight excluding hydrogens is 481 g/mol. The van der Waals surface area contributed by atoms with Crippen LogP contribution >= 0.6 is 24.0 Å². The van der Waals surface area contributed by atoms with Crippen LogP contribution in [0.15, 0.2) is 29.3 Å². The molecule has 0 aliphatic carbocycles. The lowest BCUT2D eigenvalue weighted by Gasteiger charge is -2.30. The molecule has 1 saturated heterocycles. The Morgan fingerprint density at radius 1 is 1.31 bits per heavy atom. The van der Waals surface area contributed by atoms with E-state index in [4.69, 9.17) is 10.5 Å². The molecule has 1 aliphatic rings. The van der Waals surface area contributed by atoms with Gasteiger partial charge in [-0.2, -0.15) is 0 Å². The first-order valence-electron chi connectivity index (χ1n) is 10.3. The summed E-state index contributed by atoms with van der Waals surface area (Å²) in [7, 11) is 0. The number of halogens is 1. The number of ether oxygens (including phenoxy) is 1. The Kier molecular flexibility index (Phi) is 12.7. The second-order valence-electron chi connectivity index (χ2n) is 7.24. The summed E-state index contributed by atoms with van der Waals surface area (Å²) in [5.41, 5.74) is 6.67. The Morgan fingerprint density at radius 2 is 2.07 bits per heavy atom. The molecular formula is C21H36IN5O2. The van der Waals surface area contributed by atoms with Crippen molar-refractivity contribution < 1.29 is 9.53 Å². The molecule has 2 rings (SSSR count). The molecule has 4 N–H and O–H groups in total. The molecule has 1 heterocycles. The van der Waals surface area contributed by atoms with Gasteiger partial charge in [0.05, 0.1) is 12.5 Å². The van der Waals surface area contributed by atoms with Crippen molar-refractivity contribution >= 4 is 35.8 Å². The van der Waals surface area contributed by atoms with E-state index in [1.54, 1.807) is 0 Å². The molecule has 1 atom stereocenters. The predicted molar refractivity (Wildman–Crippen MR) is 129 cm³/mol. The minimum absolute atomic E-state index is 0. The van der Waals surface area contributed by atoms with E-state index in [0.717, 1.165) is 63.7 Å². The first-order chi connectivity index (χ1) is 13.6. The average molecular weight is 517 g/mol. The molecule has 1 aromatic carbocycles. The number of aliphatic imine (C=N–C) groups is 1. The lowest BCUT2D eigenvalue weighted by atomic mass is 9.97. The molecule has 0 saturated carbocycles. The van der Waals surface area contributed by atoms with Gasteiger partial charge in [0.2, 0.25) is 5.91 Å². The number of aryl methyl sites for hydroxylation is 1. The van der Waals surface area contributed by atoms with Gasteiger partial charge in [0.1, 0.15) is 12.4 Å². The molecule has 1 unspecified atom stereocenters. The van der Waals surface area contributed by atoms with E-state index >= 15 is 0 Å².